The van der Waals surface area contributed by atoms with Crippen LogP contribution in [0.3, 0.4) is 0 Å². The number of carbonyl (C=O) groups excluding carboxylic acids is 1. The van der Waals surface area contributed by atoms with E-state index >= 15 is 0 Å². The van der Waals surface area contributed by atoms with Crippen LogP contribution in [-0.4, -0.2) is 27.6 Å². The predicted octanol–water partition coefficient (Wildman–Crippen LogP) is 3.77. The molecule has 0 saturated heterocycles. The molecule has 118 valence electrons. The van der Waals surface area contributed by atoms with Crippen molar-refractivity contribution < 1.29 is 9.53 Å². The molecule has 5 heteroatoms. The molecule has 5 nitrogen and oxygen atoms in total. The summed E-state index contributed by atoms with van der Waals surface area (Å²) < 4.78 is 6.84. The molecule has 23 heavy (non-hydrogen) atoms. The summed E-state index contributed by atoms with van der Waals surface area (Å²) in [4.78, 5) is 20.8. The summed E-state index contributed by atoms with van der Waals surface area (Å²) in [7, 11) is 1.36. The maximum atomic E-state index is 11.7. The second kappa shape index (κ2) is 5.83. The largest absolute Gasteiger partial charge is 0.465 e. The van der Waals surface area contributed by atoms with E-state index in [4.69, 9.17) is 9.72 Å². The van der Waals surface area contributed by atoms with Gasteiger partial charge in [0.2, 0.25) is 0 Å². The first-order chi connectivity index (χ1) is 11.0. The van der Waals surface area contributed by atoms with Crippen molar-refractivity contribution in [3.63, 3.8) is 0 Å². The van der Waals surface area contributed by atoms with Crippen LogP contribution < -0.4 is 0 Å². The first-order valence-electron chi connectivity index (χ1n) is 7.54. The number of aryl methyl sites for hydroxylation is 1. The van der Waals surface area contributed by atoms with Gasteiger partial charge < -0.3 is 9.30 Å². The average Bonchev–Trinajstić information content (AvgIpc) is 2.93. The summed E-state index contributed by atoms with van der Waals surface area (Å²) in [6.45, 7) is 6.24. The predicted molar refractivity (Wildman–Crippen MR) is 89.4 cm³/mol. The summed E-state index contributed by atoms with van der Waals surface area (Å²) in [5.41, 5.74) is 4.10. The molecule has 0 aliphatic carbocycles. The van der Waals surface area contributed by atoms with Gasteiger partial charge in [0, 0.05) is 17.8 Å². The normalized spacial score (nSPS) is 11.2. The summed E-state index contributed by atoms with van der Waals surface area (Å²) in [6.07, 6.45) is 1.54. The molecule has 2 heterocycles. The number of aromatic nitrogens is 3. The Morgan fingerprint density at radius 1 is 1.22 bits per heavy atom. The van der Waals surface area contributed by atoms with E-state index in [9.17, 15) is 4.79 Å². The van der Waals surface area contributed by atoms with E-state index in [1.165, 1.54) is 18.9 Å². The zero-order valence-electron chi connectivity index (χ0n) is 13.7. The van der Waals surface area contributed by atoms with E-state index < -0.39 is 5.97 Å². The van der Waals surface area contributed by atoms with E-state index in [1.54, 1.807) is 6.07 Å². The lowest BCUT2D eigenvalue weighted by atomic mass is 10.1. The molecule has 0 unspecified atom stereocenters. The molecule has 0 atom stereocenters. The molecular weight excluding hydrogens is 290 g/mol. The fraction of sp³-hybridized carbons (Fsp3) is 0.278. The van der Waals surface area contributed by atoms with E-state index in [2.05, 4.69) is 54.6 Å². The van der Waals surface area contributed by atoms with Gasteiger partial charge in [-0.15, -0.1) is 0 Å². The minimum absolute atomic E-state index is 0.202. The van der Waals surface area contributed by atoms with Crippen LogP contribution in [0.4, 0.5) is 0 Å². The average molecular weight is 309 g/mol. The van der Waals surface area contributed by atoms with Crippen molar-refractivity contribution in [1.82, 2.24) is 14.5 Å². The molecule has 2 aromatic heterocycles. The Morgan fingerprint density at radius 2 is 1.91 bits per heavy atom. The summed E-state index contributed by atoms with van der Waals surface area (Å²) in [6, 6.07) is 10.2. The molecule has 0 spiro atoms. The van der Waals surface area contributed by atoms with Crippen LogP contribution in [0, 0.1) is 6.92 Å². The van der Waals surface area contributed by atoms with Gasteiger partial charge in [0.1, 0.15) is 11.3 Å². The monoisotopic (exact) mass is 309 g/mol. The number of methoxy groups -OCH3 is 1. The molecule has 0 aliphatic rings. The quantitative estimate of drug-likeness (QED) is 0.691. The standard InChI is InChI=1S/C18H19N3O2/c1-11(2)21-16(13-7-5-12(3)6-8-13)20-15-9-14(18(22)23-4)10-19-17(15)21/h5-11H,1-4H3. The molecule has 3 rings (SSSR count). The highest BCUT2D eigenvalue weighted by Gasteiger charge is 2.18. The Bertz CT molecular complexity index is 864. The van der Waals surface area contributed by atoms with Gasteiger partial charge in [-0.1, -0.05) is 29.8 Å². The van der Waals surface area contributed by atoms with E-state index in [1.807, 2.05) is 0 Å². The van der Waals surface area contributed by atoms with Gasteiger partial charge in [-0.3, -0.25) is 0 Å². The molecule has 0 amide bonds. The van der Waals surface area contributed by atoms with E-state index in [-0.39, 0.29) is 6.04 Å². The van der Waals surface area contributed by atoms with E-state index in [0.29, 0.717) is 11.1 Å². The Labute approximate surface area is 134 Å². The first kappa shape index (κ1) is 15.2. The minimum Gasteiger partial charge on any atom is -0.465 e. The fourth-order valence-corrected chi connectivity index (χ4v) is 2.61. The third kappa shape index (κ3) is 2.70. The SMILES string of the molecule is COC(=O)c1cnc2c(c1)nc(-c1ccc(C)cc1)n2C(C)C. The molecule has 1 aromatic carbocycles. The lowest BCUT2D eigenvalue weighted by Gasteiger charge is -2.12. The minimum atomic E-state index is -0.407. The third-order valence-corrected chi connectivity index (χ3v) is 3.78. The van der Waals surface area contributed by atoms with Crippen molar-refractivity contribution in [2.24, 2.45) is 0 Å². The molecule has 0 N–H and O–H groups in total. The number of esters is 1. The van der Waals surface area contributed by atoms with Crippen LogP contribution in [-0.2, 0) is 4.74 Å². The van der Waals surface area contributed by atoms with Crippen molar-refractivity contribution in [2.45, 2.75) is 26.8 Å². The Balaban J connectivity index is 2.22. The molecular formula is C18H19N3O2. The number of nitrogens with zero attached hydrogens (tertiary/aromatic N) is 3. The number of benzene rings is 1. The number of imidazole rings is 1. The molecule has 0 fully saturated rings. The highest BCUT2D eigenvalue weighted by molar-refractivity contribution is 5.92. The Morgan fingerprint density at radius 3 is 2.52 bits per heavy atom. The number of rotatable bonds is 3. The van der Waals surface area contributed by atoms with Gasteiger partial charge in [0.15, 0.2) is 5.65 Å². The second-order valence-electron chi connectivity index (χ2n) is 5.82. The van der Waals surface area contributed by atoms with Crippen LogP contribution in [0.25, 0.3) is 22.6 Å². The highest BCUT2D eigenvalue weighted by atomic mass is 16.5. The van der Waals surface area contributed by atoms with Gasteiger partial charge in [0.25, 0.3) is 0 Å². The second-order valence-corrected chi connectivity index (χ2v) is 5.82. The zero-order valence-corrected chi connectivity index (χ0v) is 13.7. The third-order valence-electron chi connectivity index (χ3n) is 3.78. The number of pyridine rings is 1. The molecule has 0 saturated carbocycles. The van der Waals surface area contributed by atoms with Crippen molar-refractivity contribution >= 4 is 17.1 Å². The zero-order chi connectivity index (χ0) is 16.6. The maximum Gasteiger partial charge on any atom is 0.339 e. The van der Waals surface area contributed by atoms with Gasteiger partial charge in [-0.25, -0.2) is 14.8 Å². The smallest absolute Gasteiger partial charge is 0.339 e. The number of carbonyl (C=O) groups is 1. The molecule has 0 bridgehead atoms. The van der Waals surface area contributed by atoms with Crippen LogP contribution in [0.5, 0.6) is 0 Å². The van der Waals surface area contributed by atoms with Crippen LogP contribution in [0.15, 0.2) is 36.5 Å². The first-order valence-corrected chi connectivity index (χ1v) is 7.54. The number of hydrogen-bond acceptors (Lipinski definition) is 4. The number of hydrogen-bond donors (Lipinski definition) is 0. The van der Waals surface area contributed by atoms with Crippen molar-refractivity contribution in [3.05, 3.63) is 47.7 Å². The Kier molecular flexibility index (Phi) is 3.86. The van der Waals surface area contributed by atoms with Crippen molar-refractivity contribution in [2.75, 3.05) is 7.11 Å². The lowest BCUT2D eigenvalue weighted by Crippen LogP contribution is -2.05. The lowest BCUT2D eigenvalue weighted by molar-refractivity contribution is 0.0600. The Hall–Kier alpha value is -2.69. The summed E-state index contributed by atoms with van der Waals surface area (Å²) in [5.74, 6) is 0.444. The molecule has 3 aromatic rings. The summed E-state index contributed by atoms with van der Waals surface area (Å²) >= 11 is 0. The van der Waals surface area contributed by atoms with Crippen molar-refractivity contribution in [3.8, 4) is 11.4 Å². The van der Waals surface area contributed by atoms with Crippen molar-refractivity contribution in [1.29, 1.82) is 0 Å². The topological polar surface area (TPSA) is 57.0 Å². The maximum absolute atomic E-state index is 11.7. The summed E-state index contributed by atoms with van der Waals surface area (Å²) in [5, 5.41) is 0. The van der Waals surface area contributed by atoms with Gasteiger partial charge >= 0.3 is 5.97 Å². The number of ether oxygens (including phenoxy) is 1. The van der Waals surface area contributed by atoms with Gasteiger partial charge in [-0.2, -0.15) is 0 Å². The van der Waals surface area contributed by atoms with E-state index in [0.717, 1.165) is 17.0 Å². The van der Waals surface area contributed by atoms with Gasteiger partial charge in [-0.05, 0) is 26.8 Å². The molecule has 0 aliphatic heterocycles. The van der Waals surface area contributed by atoms with Gasteiger partial charge in [0.05, 0.1) is 12.7 Å². The fourth-order valence-electron chi connectivity index (χ4n) is 2.61. The number of fused-ring (bicyclic) bond motifs is 1. The highest BCUT2D eigenvalue weighted by Crippen LogP contribution is 2.28. The van der Waals surface area contributed by atoms with Crippen LogP contribution in [0.1, 0.15) is 35.8 Å². The van der Waals surface area contributed by atoms with Crippen LogP contribution >= 0.6 is 0 Å². The van der Waals surface area contributed by atoms with Crippen LogP contribution in [0.2, 0.25) is 0 Å². The molecule has 0 radical (unpaired) electrons.